The molecule has 0 spiro atoms. The van der Waals surface area contributed by atoms with Crippen molar-refractivity contribution >= 4 is 32.9 Å². The van der Waals surface area contributed by atoms with Crippen LogP contribution in [0.5, 0.6) is 0 Å². The summed E-state index contributed by atoms with van der Waals surface area (Å²) in [5.74, 6) is -0.0737. The number of nitrogens with one attached hydrogen (secondary N) is 2. The molecule has 6 rings (SSSR count). The zero-order valence-electron chi connectivity index (χ0n) is 23.4. The zero-order valence-corrected chi connectivity index (χ0v) is 25.2. The number of fused-ring (bicyclic) bond motifs is 1. The first kappa shape index (κ1) is 31.1. The van der Waals surface area contributed by atoms with Gasteiger partial charge in [-0.05, 0) is 16.7 Å². The highest BCUT2D eigenvalue weighted by Gasteiger charge is 2.49. The van der Waals surface area contributed by atoms with Gasteiger partial charge >= 0.3 is 15.4 Å². The fourth-order valence-electron chi connectivity index (χ4n) is 5.22. The Morgan fingerprint density at radius 1 is 1.07 bits per heavy atom. The largest absolute Gasteiger partial charge is 0.412 e. The Hall–Kier alpha value is -3.89. The van der Waals surface area contributed by atoms with E-state index in [4.69, 9.17) is 15.0 Å². The maximum absolute atomic E-state index is 13.0. The third kappa shape index (κ3) is 6.44. The molecule has 4 heterocycles. The number of imidazole rings is 1. The van der Waals surface area contributed by atoms with Crippen LogP contribution in [-0.4, -0.2) is 77.1 Å². The summed E-state index contributed by atoms with van der Waals surface area (Å²) in [6.07, 6.45) is -2.50. The number of benzene rings is 2. The number of nitrogens with zero attached hydrogens (tertiary/aromatic N) is 5. The highest BCUT2D eigenvalue weighted by molar-refractivity contribution is 7.68. The van der Waals surface area contributed by atoms with Crippen molar-refractivity contribution in [3.05, 3.63) is 89.2 Å². The summed E-state index contributed by atoms with van der Waals surface area (Å²) < 4.78 is 36.5. The van der Waals surface area contributed by atoms with Crippen LogP contribution < -0.4 is 26.0 Å². The van der Waals surface area contributed by atoms with Gasteiger partial charge in [-0.1, -0.05) is 54.6 Å². The smallest absolute Gasteiger partial charge is 0.387 e. The summed E-state index contributed by atoms with van der Waals surface area (Å²) in [6, 6.07) is 17.6. The van der Waals surface area contributed by atoms with E-state index in [1.54, 1.807) is 9.76 Å². The minimum Gasteiger partial charge on any atom is -0.387 e. The molecule has 0 bridgehead atoms. The molecule has 2 aliphatic heterocycles. The average molecular weight is 661 g/mol. The second kappa shape index (κ2) is 12.1. The second-order valence-electron chi connectivity index (χ2n) is 10.4. The lowest BCUT2D eigenvalue weighted by molar-refractivity contribution is -0.0185. The molecule has 19 heteroatoms. The monoisotopic (exact) mass is 660 g/mol. The molecule has 2 aromatic carbocycles. The molecule has 0 saturated carbocycles. The summed E-state index contributed by atoms with van der Waals surface area (Å²) in [5.41, 5.74) is 8.43. The third-order valence-electron chi connectivity index (χ3n) is 7.36. The lowest BCUT2D eigenvalue weighted by Crippen LogP contribution is -2.46. The average Bonchev–Trinajstić information content (AvgIpc) is 3.73. The molecule has 0 amide bonds. The van der Waals surface area contributed by atoms with Crippen LogP contribution in [0.25, 0.3) is 11.1 Å². The van der Waals surface area contributed by atoms with Crippen molar-refractivity contribution in [3.63, 3.8) is 0 Å². The fourth-order valence-corrected chi connectivity index (χ4v) is 7.97. The van der Waals surface area contributed by atoms with E-state index in [2.05, 4.69) is 15.0 Å². The molecule has 1 fully saturated rings. The van der Waals surface area contributed by atoms with Crippen LogP contribution in [0.3, 0.4) is 0 Å². The van der Waals surface area contributed by atoms with Gasteiger partial charge in [-0.3, -0.25) is 18.6 Å². The maximum Gasteiger partial charge on any atom is 0.412 e. The minimum atomic E-state index is -4.92. The van der Waals surface area contributed by atoms with Gasteiger partial charge in [-0.25, -0.2) is 14.1 Å². The number of nitrogen functional groups attached to an aromatic ring is 1. The van der Waals surface area contributed by atoms with Gasteiger partial charge in [0.25, 0.3) is 5.56 Å². The molecule has 2 aliphatic rings. The van der Waals surface area contributed by atoms with Crippen LogP contribution in [-0.2, 0) is 24.9 Å². The lowest BCUT2D eigenvalue weighted by atomic mass is 10.0. The first-order chi connectivity index (χ1) is 21.4. The third-order valence-corrected chi connectivity index (χ3v) is 10.8. The van der Waals surface area contributed by atoms with Crippen molar-refractivity contribution in [1.29, 1.82) is 0 Å². The highest BCUT2D eigenvalue weighted by Crippen LogP contribution is 2.52. The van der Waals surface area contributed by atoms with Gasteiger partial charge in [-0.15, -0.1) is 4.86 Å². The molecular formula is C26H30N8O9P2. The van der Waals surface area contributed by atoms with Crippen molar-refractivity contribution in [1.82, 2.24) is 24.1 Å². The molecule has 0 aliphatic carbocycles. The van der Waals surface area contributed by atoms with Crippen LogP contribution >= 0.6 is 15.4 Å². The molecule has 45 heavy (non-hydrogen) atoms. The van der Waals surface area contributed by atoms with Crippen LogP contribution in [0.4, 0.5) is 17.5 Å². The molecular weight excluding hydrogens is 630 g/mol. The Labute approximate surface area is 255 Å². The van der Waals surface area contributed by atoms with Crippen LogP contribution in [0.15, 0.2) is 78.1 Å². The van der Waals surface area contributed by atoms with Gasteiger partial charge in [0.2, 0.25) is 5.95 Å². The SMILES string of the molecule is Nc1nc2c(c(=O)[nH]1)N(Cc1ccc(-c3ccccc3)cc1)CN2[C@@H]1O[C@H](COP(=O)(O)NP(=O)(O)n2ccnc2)[C@@H](O)[C@H]1O. The number of hydrogen-bond acceptors (Lipinski definition) is 12. The summed E-state index contributed by atoms with van der Waals surface area (Å²) in [4.78, 5) is 48.5. The van der Waals surface area contributed by atoms with Crippen LogP contribution in [0.1, 0.15) is 5.56 Å². The Morgan fingerprint density at radius 3 is 2.47 bits per heavy atom. The van der Waals surface area contributed by atoms with Crippen molar-refractivity contribution in [2.45, 2.75) is 31.1 Å². The number of anilines is 3. The number of rotatable bonds is 10. The number of aromatic nitrogens is 4. The Balaban J connectivity index is 1.17. The molecule has 8 N–H and O–H groups in total. The van der Waals surface area contributed by atoms with Gasteiger partial charge in [-0.2, -0.15) is 4.98 Å². The molecule has 4 aromatic rings. The van der Waals surface area contributed by atoms with Crippen molar-refractivity contribution in [2.24, 2.45) is 0 Å². The number of nitrogens with two attached hydrogens (primary N) is 1. The number of aliphatic hydroxyl groups is 2. The van der Waals surface area contributed by atoms with Crippen molar-refractivity contribution in [2.75, 3.05) is 28.8 Å². The summed E-state index contributed by atoms with van der Waals surface area (Å²) in [6.45, 7) is -0.457. The molecule has 2 unspecified atom stereocenters. The topological polar surface area (TPSA) is 242 Å². The predicted molar refractivity (Wildman–Crippen MR) is 162 cm³/mol. The first-order valence-electron chi connectivity index (χ1n) is 13.6. The number of hydrogen-bond donors (Lipinski definition) is 7. The number of H-pyrrole nitrogens is 1. The Kier molecular flexibility index (Phi) is 8.39. The standard InChI is InChI=1S/C26H30N8O9P2/c27-26-29-23-20(24(37)30-26)32(12-16-6-8-18(9-7-16)17-4-2-1-3-5-17)15-34(23)25-22(36)21(35)19(43-25)13-42-45(40,41)31-44(38,39)33-11-10-28-14-33/h1-11,14,19,21-22,25,35-36H,12-13,15H2,(H3,27,29,30,37)(H3,31,38,39,40,41)/t19-,21-,22-,25-/m1/s1. The van der Waals surface area contributed by atoms with E-state index in [-0.39, 0.29) is 30.7 Å². The van der Waals surface area contributed by atoms with Gasteiger partial charge < -0.3 is 40.3 Å². The quantitative estimate of drug-likeness (QED) is 0.116. The lowest BCUT2D eigenvalue weighted by Gasteiger charge is -2.28. The molecule has 0 radical (unpaired) electrons. The normalized spacial score (nSPS) is 23.9. The highest BCUT2D eigenvalue weighted by atomic mass is 31.3. The number of ether oxygens (including phenoxy) is 1. The van der Waals surface area contributed by atoms with Gasteiger partial charge in [0.1, 0.15) is 30.3 Å². The van der Waals surface area contributed by atoms with E-state index in [0.717, 1.165) is 29.2 Å². The van der Waals surface area contributed by atoms with Crippen molar-refractivity contribution < 1.29 is 38.4 Å². The van der Waals surface area contributed by atoms with E-state index in [0.29, 0.717) is 4.34 Å². The van der Waals surface area contributed by atoms with Crippen molar-refractivity contribution in [3.8, 4) is 11.1 Å². The van der Waals surface area contributed by atoms with Crippen LogP contribution in [0, 0.1) is 0 Å². The Morgan fingerprint density at radius 2 is 1.78 bits per heavy atom. The predicted octanol–water partition coefficient (Wildman–Crippen LogP) is 0.802. The van der Waals surface area contributed by atoms with Gasteiger partial charge in [0, 0.05) is 18.9 Å². The Bertz CT molecular complexity index is 1810. The summed E-state index contributed by atoms with van der Waals surface area (Å²) in [7, 11) is -9.51. The van der Waals surface area contributed by atoms with Gasteiger partial charge in [0.15, 0.2) is 12.0 Å². The zero-order chi connectivity index (χ0) is 31.9. The second-order valence-corrected chi connectivity index (χ2v) is 14.1. The molecule has 17 nitrogen and oxygen atoms in total. The van der Waals surface area contributed by atoms with E-state index in [1.807, 2.05) is 54.6 Å². The first-order valence-corrected chi connectivity index (χ1v) is 16.8. The van der Waals surface area contributed by atoms with E-state index in [9.17, 15) is 33.9 Å². The maximum atomic E-state index is 13.0. The summed E-state index contributed by atoms with van der Waals surface area (Å²) in [5, 5.41) is 21.7. The molecule has 6 atom stereocenters. The van der Waals surface area contributed by atoms with E-state index >= 15 is 0 Å². The molecule has 2 aromatic heterocycles. The fraction of sp³-hybridized carbons (Fsp3) is 0.269. The number of aliphatic hydroxyl groups excluding tert-OH is 2. The van der Waals surface area contributed by atoms with E-state index in [1.165, 1.54) is 11.1 Å². The molecule has 1 saturated heterocycles. The molecule has 238 valence electrons. The summed E-state index contributed by atoms with van der Waals surface area (Å²) >= 11 is 0. The number of aromatic amines is 1. The minimum absolute atomic E-state index is 0.00990. The van der Waals surface area contributed by atoms with E-state index < -0.39 is 52.1 Å². The van der Waals surface area contributed by atoms with Gasteiger partial charge in [0.05, 0.1) is 13.3 Å². The van der Waals surface area contributed by atoms with Crippen LogP contribution in [0.2, 0.25) is 0 Å².